The highest BCUT2D eigenvalue weighted by molar-refractivity contribution is 6.10. The summed E-state index contributed by atoms with van der Waals surface area (Å²) in [5, 5.41) is 6.73. The molecular formula is C24H32N4O4. The van der Waals surface area contributed by atoms with E-state index in [0.717, 1.165) is 28.8 Å². The Morgan fingerprint density at radius 3 is 2.75 bits per heavy atom. The number of benzene rings is 1. The van der Waals surface area contributed by atoms with Crippen molar-refractivity contribution in [1.29, 1.82) is 0 Å². The number of amides is 4. The molecule has 2 aromatic rings. The predicted molar refractivity (Wildman–Crippen MR) is 122 cm³/mol. The monoisotopic (exact) mass is 440 g/mol. The molecule has 8 nitrogen and oxygen atoms in total. The molecule has 2 N–H and O–H groups in total. The molecule has 0 bridgehead atoms. The van der Waals surface area contributed by atoms with Crippen molar-refractivity contribution >= 4 is 34.4 Å². The van der Waals surface area contributed by atoms with E-state index < -0.39 is 17.5 Å². The van der Waals surface area contributed by atoms with E-state index in [1.54, 1.807) is 7.11 Å². The van der Waals surface area contributed by atoms with Crippen LogP contribution in [0.4, 0.5) is 10.5 Å². The SMILES string of the molecule is COCCn1ccc2cc(NC(=O)CN3C(=O)NC4(CC(C)CC(C)(C)C4)C3=O)ccc21. The molecule has 4 rings (SSSR count). The molecule has 2 heterocycles. The van der Waals surface area contributed by atoms with Gasteiger partial charge in [0.1, 0.15) is 12.1 Å². The van der Waals surface area contributed by atoms with Gasteiger partial charge in [-0.05, 0) is 54.9 Å². The number of anilines is 1. The first kappa shape index (κ1) is 22.3. The van der Waals surface area contributed by atoms with Crippen LogP contribution in [0.1, 0.15) is 40.0 Å². The van der Waals surface area contributed by atoms with Gasteiger partial charge in [-0.1, -0.05) is 20.8 Å². The van der Waals surface area contributed by atoms with E-state index in [9.17, 15) is 14.4 Å². The van der Waals surface area contributed by atoms with E-state index in [-0.39, 0.29) is 17.9 Å². The second-order valence-corrected chi connectivity index (χ2v) is 10.1. The quantitative estimate of drug-likeness (QED) is 0.674. The fourth-order valence-corrected chi connectivity index (χ4v) is 5.66. The Bertz CT molecular complexity index is 1060. The van der Waals surface area contributed by atoms with Crippen LogP contribution in [0.25, 0.3) is 10.9 Å². The maximum Gasteiger partial charge on any atom is 0.325 e. The number of methoxy groups -OCH3 is 1. The Kier molecular flexibility index (Phi) is 5.75. The zero-order chi connectivity index (χ0) is 23.1. The van der Waals surface area contributed by atoms with Gasteiger partial charge in [-0.15, -0.1) is 0 Å². The number of hydrogen-bond acceptors (Lipinski definition) is 4. The number of aromatic nitrogens is 1. The van der Waals surface area contributed by atoms with Crippen molar-refractivity contribution in [2.75, 3.05) is 25.6 Å². The van der Waals surface area contributed by atoms with Gasteiger partial charge in [-0.25, -0.2) is 4.79 Å². The summed E-state index contributed by atoms with van der Waals surface area (Å²) in [6.45, 7) is 7.42. The summed E-state index contributed by atoms with van der Waals surface area (Å²) in [5.41, 5.74) is 0.725. The van der Waals surface area contributed by atoms with Gasteiger partial charge in [-0.2, -0.15) is 0 Å². The molecule has 2 atom stereocenters. The van der Waals surface area contributed by atoms with Gasteiger partial charge in [-0.3, -0.25) is 14.5 Å². The predicted octanol–water partition coefficient (Wildman–Crippen LogP) is 3.36. The van der Waals surface area contributed by atoms with Gasteiger partial charge >= 0.3 is 6.03 Å². The van der Waals surface area contributed by atoms with Crippen LogP contribution in [0.15, 0.2) is 30.5 Å². The number of imide groups is 1. The number of ether oxygens (including phenoxy) is 1. The van der Waals surface area contributed by atoms with Crippen molar-refractivity contribution in [3.8, 4) is 0 Å². The lowest BCUT2D eigenvalue weighted by Crippen LogP contribution is -2.54. The molecule has 1 saturated heterocycles. The Hall–Kier alpha value is -2.87. The summed E-state index contributed by atoms with van der Waals surface area (Å²) in [7, 11) is 1.67. The lowest BCUT2D eigenvalue weighted by atomic mass is 9.64. The minimum absolute atomic E-state index is 0.0477. The van der Waals surface area contributed by atoms with Crippen LogP contribution in [0, 0.1) is 11.3 Å². The number of fused-ring (bicyclic) bond motifs is 1. The lowest BCUT2D eigenvalue weighted by molar-refractivity contribution is -0.136. The van der Waals surface area contributed by atoms with Crippen LogP contribution in [-0.4, -0.2) is 53.1 Å². The first-order valence-corrected chi connectivity index (χ1v) is 11.1. The highest BCUT2D eigenvalue weighted by Crippen LogP contribution is 2.46. The normalized spacial score (nSPS) is 24.9. The summed E-state index contributed by atoms with van der Waals surface area (Å²) in [5.74, 6) is -0.366. The largest absolute Gasteiger partial charge is 0.383 e. The molecule has 1 aliphatic carbocycles. The molecule has 1 saturated carbocycles. The van der Waals surface area contributed by atoms with Crippen molar-refractivity contribution < 1.29 is 19.1 Å². The van der Waals surface area contributed by atoms with Crippen LogP contribution in [0.3, 0.4) is 0 Å². The van der Waals surface area contributed by atoms with E-state index in [0.29, 0.717) is 31.1 Å². The van der Waals surface area contributed by atoms with Crippen molar-refractivity contribution in [2.24, 2.45) is 11.3 Å². The average molecular weight is 441 g/mol. The van der Waals surface area contributed by atoms with Crippen LogP contribution in [-0.2, 0) is 20.9 Å². The molecule has 1 aliphatic heterocycles. The minimum Gasteiger partial charge on any atom is -0.383 e. The summed E-state index contributed by atoms with van der Waals surface area (Å²) < 4.78 is 7.22. The number of hydrogen-bond donors (Lipinski definition) is 2. The Morgan fingerprint density at radius 1 is 1.25 bits per heavy atom. The molecule has 172 valence electrons. The maximum atomic E-state index is 13.2. The zero-order valence-corrected chi connectivity index (χ0v) is 19.2. The van der Waals surface area contributed by atoms with Crippen LogP contribution < -0.4 is 10.6 Å². The second kappa shape index (κ2) is 8.24. The van der Waals surface area contributed by atoms with Crippen molar-refractivity contribution in [3.63, 3.8) is 0 Å². The van der Waals surface area contributed by atoms with Gasteiger partial charge in [0.25, 0.3) is 5.91 Å². The van der Waals surface area contributed by atoms with Gasteiger partial charge in [0, 0.05) is 36.4 Å². The standard InChI is InChI=1S/C24H32N4O4/c1-16-12-23(2,3)15-24(13-16)21(30)28(22(31)26-24)14-20(29)25-18-5-6-19-17(11-18)7-8-27(19)9-10-32-4/h5-8,11,16H,9-10,12-15H2,1-4H3,(H,25,29)(H,26,31). The van der Waals surface area contributed by atoms with Crippen LogP contribution >= 0.6 is 0 Å². The number of carbonyl (C=O) groups is 3. The first-order chi connectivity index (χ1) is 15.1. The highest BCUT2D eigenvalue weighted by Gasteiger charge is 2.56. The summed E-state index contributed by atoms with van der Waals surface area (Å²) in [6, 6.07) is 7.14. The number of urea groups is 1. The summed E-state index contributed by atoms with van der Waals surface area (Å²) in [6.07, 6.45) is 4.18. The Balaban J connectivity index is 1.44. The third-order valence-electron chi connectivity index (χ3n) is 6.52. The smallest absolute Gasteiger partial charge is 0.325 e. The van der Waals surface area contributed by atoms with Gasteiger partial charge < -0.3 is 19.9 Å². The van der Waals surface area contributed by atoms with Gasteiger partial charge in [0.15, 0.2) is 0 Å². The topological polar surface area (TPSA) is 92.7 Å². The number of nitrogens with one attached hydrogen (secondary N) is 2. The fraction of sp³-hybridized carbons (Fsp3) is 0.542. The van der Waals surface area contributed by atoms with Crippen molar-refractivity contribution in [2.45, 2.75) is 52.1 Å². The fourth-order valence-electron chi connectivity index (χ4n) is 5.66. The molecule has 2 aliphatic rings. The third kappa shape index (κ3) is 4.24. The highest BCUT2D eigenvalue weighted by atomic mass is 16.5. The molecule has 32 heavy (non-hydrogen) atoms. The first-order valence-electron chi connectivity index (χ1n) is 11.1. The Morgan fingerprint density at radius 2 is 2.03 bits per heavy atom. The lowest BCUT2D eigenvalue weighted by Gasteiger charge is -2.43. The molecule has 0 radical (unpaired) electrons. The number of rotatable bonds is 6. The molecule has 1 aromatic heterocycles. The van der Waals surface area contributed by atoms with E-state index in [2.05, 4.69) is 36.0 Å². The molecule has 8 heteroatoms. The third-order valence-corrected chi connectivity index (χ3v) is 6.52. The average Bonchev–Trinajstić information content (AvgIpc) is 3.18. The minimum atomic E-state index is -0.900. The van der Waals surface area contributed by atoms with Crippen molar-refractivity contribution in [1.82, 2.24) is 14.8 Å². The van der Waals surface area contributed by atoms with Crippen LogP contribution in [0.2, 0.25) is 0 Å². The molecule has 2 unspecified atom stereocenters. The van der Waals surface area contributed by atoms with Crippen LogP contribution in [0.5, 0.6) is 0 Å². The molecule has 1 spiro atoms. The second-order valence-electron chi connectivity index (χ2n) is 10.1. The van der Waals surface area contributed by atoms with Crippen molar-refractivity contribution in [3.05, 3.63) is 30.5 Å². The number of carbonyl (C=O) groups excluding carboxylic acids is 3. The molecular weight excluding hydrogens is 408 g/mol. The van der Waals surface area contributed by atoms with Gasteiger partial charge in [0.05, 0.1) is 6.61 Å². The van der Waals surface area contributed by atoms with E-state index >= 15 is 0 Å². The van der Waals surface area contributed by atoms with Gasteiger partial charge in [0.2, 0.25) is 5.91 Å². The van der Waals surface area contributed by atoms with E-state index in [4.69, 9.17) is 4.74 Å². The maximum absolute atomic E-state index is 13.2. The Labute approximate surface area is 188 Å². The molecule has 2 fully saturated rings. The molecule has 4 amide bonds. The summed E-state index contributed by atoms with van der Waals surface area (Å²) in [4.78, 5) is 39.6. The van der Waals surface area contributed by atoms with E-state index in [1.165, 1.54) is 0 Å². The molecule has 1 aromatic carbocycles. The van der Waals surface area contributed by atoms with E-state index in [1.807, 2.05) is 30.5 Å². The zero-order valence-electron chi connectivity index (χ0n) is 19.2. The number of nitrogens with zero attached hydrogens (tertiary/aromatic N) is 2. The summed E-state index contributed by atoms with van der Waals surface area (Å²) >= 11 is 0.